The molecular weight excluding hydrogens is 268 g/mol. The Morgan fingerprint density at radius 1 is 1.56 bits per heavy atom. The van der Waals surface area contributed by atoms with E-state index in [0.717, 1.165) is 12.8 Å². The van der Waals surface area contributed by atoms with Gasteiger partial charge in [-0.25, -0.2) is 0 Å². The van der Waals surface area contributed by atoms with Crippen LogP contribution in [0.2, 0.25) is 5.02 Å². The van der Waals surface area contributed by atoms with E-state index in [4.69, 9.17) is 17.3 Å². The van der Waals surface area contributed by atoms with Gasteiger partial charge in [-0.1, -0.05) is 24.1 Å². The molecule has 1 aromatic rings. The van der Waals surface area contributed by atoms with Crippen molar-refractivity contribution in [2.45, 2.75) is 24.0 Å². The maximum Gasteiger partial charge on any atom is 0.254 e. The number of carbonyl (C=O) groups is 1. The molecule has 0 bridgehead atoms. The number of anilines is 1. The van der Waals surface area contributed by atoms with Crippen molar-refractivity contribution in [3.63, 3.8) is 0 Å². The van der Waals surface area contributed by atoms with E-state index in [1.165, 1.54) is 6.42 Å². The number of hydrogen-bond donors (Lipinski definition) is 2. The molecule has 0 aromatic heterocycles. The molecule has 3 N–H and O–H groups in total. The van der Waals surface area contributed by atoms with Gasteiger partial charge in [-0.05, 0) is 31.2 Å². The monoisotopic (exact) mass is 284 g/mol. The molecule has 1 aromatic carbocycles. The maximum absolute atomic E-state index is 12.1. The first-order valence-electron chi connectivity index (χ1n) is 5.95. The Bertz CT molecular complexity index is 435. The first-order valence-corrected chi connectivity index (χ1v) is 7.56. The van der Waals surface area contributed by atoms with E-state index in [0.29, 0.717) is 22.8 Å². The lowest BCUT2D eigenvalue weighted by molar-refractivity contribution is 0.0945. The third-order valence-electron chi connectivity index (χ3n) is 3.54. The summed E-state index contributed by atoms with van der Waals surface area (Å²) in [4.78, 5) is 12.1. The van der Waals surface area contributed by atoms with Crippen LogP contribution in [0.1, 0.15) is 29.6 Å². The second-order valence-corrected chi connectivity index (χ2v) is 6.31. The van der Waals surface area contributed by atoms with Gasteiger partial charge < -0.3 is 11.1 Å². The van der Waals surface area contributed by atoms with E-state index in [-0.39, 0.29) is 10.7 Å². The fraction of sp³-hybridized carbons (Fsp3) is 0.462. The highest BCUT2D eigenvalue weighted by molar-refractivity contribution is 8.00. The van der Waals surface area contributed by atoms with E-state index in [1.54, 1.807) is 18.2 Å². The molecule has 0 saturated heterocycles. The molecule has 0 radical (unpaired) electrons. The zero-order chi connectivity index (χ0) is 13.2. The average Bonchev–Trinajstić information content (AvgIpc) is 2.28. The summed E-state index contributed by atoms with van der Waals surface area (Å²) in [6.07, 6.45) is 5.65. The maximum atomic E-state index is 12.1. The molecule has 1 aliphatic carbocycles. The smallest absolute Gasteiger partial charge is 0.254 e. The molecule has 0 unspecified atom stereocenters. The standard InChI is InChI=1S/C13H17ClN2OS/c1-18-13(6-3-7-13)8-16-12(17)11-9(14)4-2-5-10(11)15/h2,4-5H,3,6-8,15H2,1H3,(H,16,17). The lowest BCUT2D eigenvalue weighted by Gasteiger charge is -2.40. The van der Waals surface area contributed by atoms with Crippen molar-refractivity contribution in [1.29, 1.82) is 0 Å². The summed E-state index contributed by atoms with van der Waals surface area (Å²) < 4.78 is 0.214. The molecule has 0 atom stereocenters. The van der Waals surface area contributed by atoms with Crippen LogP contribution in [-0.4, -0.2) is 23.5 Å². The number of hydrogen-bond acceptors (Lipinski definition) is 3. The summed E-state index contributed by atoms with van der Waals surface area (Å²) in [5, 5.41) is 3.35. The zero-order valence-electron chi connectivity index (χ0n) is 10.3. The van der Waals surface area contributed by atoms with E-state index < -0.39 is 0 Å². The summed E-state index contributed by atoms with van der Waals surface area (Å²) >= 11 is 7.84. The van der Waals surface area contributed by atoms with Crippen molar-refractivity contribution >= 4 is 35.0 Å². The van der Waals surface area contributed by atoms with Crippen LogP contribution in [0, 0.1) is 0 Å². The predicted molar refractivity (Wildman–Crippen MR) is 78.3 cm³/mol. The SMILES string of the molecule is CSC1(CNC(=O)c2c(N)cccc2Cl)CCC1. The topological polar surface area (TPSA) is 55.1 Å². The first kappa shape index (κ1) is 13.6. The van der Waals surface area contributed by atoms with Crippen LogP contribution >= 0.6 is 23.4 Å². The Labute approximate surface area is 116 Å². The molecule has 2 rings (SSSR count). The number of thioether (sulfide) groups is 1. The van der Waals surface area contributed by atoms with Crippen molar-refractivity contribution in [2.24, 2.45) is 0 Å². The number of carbonyl (C=O) groups excluding carboxylic acids is 1. The Hall–Kier alpha value is -0.870. The minimum absolute atomic E-state index is 0.182. The van der Waals surface area contributed by atoms with Crippen molar-refractivity contribution in [3.05, 3.63) is 28.8 Å². The van der Waals surface area contributed by atoms with Crippen molar-refractivity contribution in [1.82, 2.24) is 5.32 Å². The van der Waals surface area contributed by atoms with E-state index in [9.17, 15) is 4.79 Å². The van der Waals surface area contributed by atoms with Crippen LogP contribution in [0.5, 0.6) is 0 Å². The third kappa shape index (κ3) is 2.59. The van der Waals surface area contributed by atoms with Gasteiger partial charge in [0.05, 0.1) is 10.6 Å². The first-order chi connectivity index (χ1) is 8.58. The highest BCUT2D eigenvalue weighted by atomic mass is 35.5. The van der Waals surface area contributed by atoms with Gasteiger partial charge in [0.1, 0.15) is 0 Å². The fourth-order valence-electron chi connectivity index (χ4n) is 2.13. The molecule has 0 heterocycles. The summed E-state index contributed by atoms with van der Waals surface area (Å²) in [5.74, 6) is -0.182. The predicted octanol–water partition coefficient (Wildman–Crippen LogP) is 2.94. The number of amides is 1. The van der Waals surface area contributed by atoms with Crippen molar-refractivity contribution in [3.8, 4) is 0 Å². The van der Waals surface area contributed by atoms with Crippen molar-refractivity contribution < 1.29 is 4.79 Å². The van der Waals surface area contributed by atoms with Crippen LogP contribution in [0.25, 0.3) is 0 Å². The number of nitrogens with one attached hydrogen (secondary N) is 1. The molecule has 5 heteroatoms. The molecule has 1 aliphatic rings. The second kappa shape index (κ2) is 5.41. The van der Waals surface area contributed by atoms with Crippen LogP contribution in [-0.2, 0) is 0 Å². The van der Waals surface area contributed by atoms with Crippen LogP contribution in [0.4, 0.5) is 5.69 Å². The summed E-state index contributed by atoms with van der Waals surface area (Å²) in [6.45, 7) is 0.678. The van der Waals surface area contributed by atoms with Gasteiger partial charge in [-0.15, -0.1) is 0 Å². The molecule has 18 heavy (non-hydrogen) atoms. The molecule has 98 valence electrons. The van der Waals surface area contributed by atoms with Gasteiger partial charge in [0.25, 0.3) is 5.91 Å². The van der Waals surface area contributed by atoms with Crippen LogP contribution in [0.3, 0.4) is 0 Å². The second-order valence-electron chi connectivity index (χ2n) is 4.63. The highest BCUT2D eigenvalue weighted by Crippen LogP contribution is 2.42. The summed E-state index contributed by atoms with van der Waals surface area (Å²) in [7, 11) is 0. The number of halogens is 1. The van der Waals surface area contributed by atoms with Gasteiger partial charge in [0, 0.05) is 17.0 Å². The lowest BCUT2D eigenvalue weighted by atomic mass is 9.84. The zero-order valence-corrected chi connectivity index (χ0v) is 11.9. The fourth-order valence-corrected chi connectivity index (χ4v) is 3.32. The summed E-state index contributed by atoms with van der Waals surface area (Å²) in [5.41, 5.74) is 6.60. The number of benzene rings is 1. The van der Waals surface area contributed by atoms with Gasteiger partial charge in [-0.3, -0.25) is 4.79 Å². The van der Waals surface area contributed by atoms with Crippen LogP contribution in [0.15, 0.2) is 18.2 Å². The Kier molecular flexibility index (Phi) is 4.07. The molecule has 0 aliphatic heterocycles. The van der Waals surface area contributed by atoms with E-state index >= 15 is 0 Å². The molecule has 0 spiro atoms. The minimum Gasteiger partial charge on any atom is -0.398 e. The Morgan fingerprint density at radius 3 is 2.78 bits per heavy atom. The average molecular weight is 285 g/mol. The third-order valence-corrected chi connectivity index (χ3v) is 5.28. The number of nitrogen functional groups attached to an aromatic ring is 1. The largest absolute Gasteiger partial charge is 0.398 e. The Balaban J connectivity index is 2.04. The highest BCUT2D eigenvalue weighted by Gasteiger charge is 2.36. The molecule has 1 fully saturated rings. The van der Waals surface area contributed by atoms with Crippen LogP contribution < -0.4 is 11.1 Å². The normalized spacial score (nSPS) is 17.0. The number of nitrogens with two attached hydrogens (primary N) is 1. The summed E-state index contributed by atoms with van der Waals surface area (Å²) in [6, 6.07) is 5.11. The quantitative estimate of drug-likeness (QED) is 0.836. The van der Waals surface area contributed by atoms with Gasteiger partial charge >= 0.3 is 0 Å². The molecule has 1 saturated carbocycles. The number of rotatable bonds is 4. The van der Waals surface area contributed by atoms with Crippen molar-refractivity contribution in [2.75, 3.05) is 18.5 Å². The van der Waals surface area contributed by atoms with Gasteiger partial charge in [0.15, 0.2) is 0 Å². The Morgan fingerprint density at radius 2 is 2.28 bits per heavy atom. The van der Waals surface area contributed by atoms with Gasteiger partial charge in [0.2, 0.25) is 0 Å². The molecule has 1 amide bonds. The van der Waals surface area contributed by atoms with E-state index in [2.05, 4.69) is 11.6 Å². The van der Waals surface area contributed by atoms with Gasteiger partial charge in [-0.2, -0.15) is 11.8 Å². The lowest BCUT2D eigenvalue weighted by Crippen LogP contribution is -2.45. The minimum atomic E-state index is -0.182. The molecule has 3 nitrogen and oxygen atoms in total. The molecular formula is C13H17ClN2OS. The van der Waals surface area contributed by atoms with E-state index in [1.807, 2.05) is 11.8 Å².